The van der Waals surface area contributed by atoms with Crippen molar-refractivity contribution in [3.8, 4) is 5.88 Å². The van der Waals surface area contributed by atoms with Crippen LogP contribution in [0.4, 0.5) is 0 Å². The van der Waals surface area contributed by atoms with Gasteiger partial charge in [-0.2, -0.15) is 0 Å². The molecule has 1 atom stereocenters. The molecule has 0 bridgehead atoms. The van der Waals surface area contributed by atoms with Gasteiger partial charge in [0.1, 0.15) is 0 Å². The van der Waals surface area contributed by atoms with Crippen LogP contribution in [0, 0.1) is 5.92 Å². The Morgan fingerprint density at radius 1 is 1.19 bits per heavy atom. The Morgan fingerprint density at radius 2 is 1.95 bits per heavy atom. The normalized spacial score (nSPS) is 22.9. The summed E-state index contributed by atoms with van der Waals surface area (Å²) < 4.78 is 5.21. The van der Waals surface area contributed by atoms with Gasteiger partial charge in [-0.25, -0.2) is 4.98 Å². The minimum Gasteiger partial charge on any atom is -0.481 e. The van der Waals surface area contributed by atoms with Crippen LogP contribution in [0.3, 0.4) is 0 Å². The van der Waals surface area contributed by atoms with Crippen LogP contribution in [-0.2, 0) is 0 Å². The van der Waals surface area contributed by atoms with E-state index < -0.39 is 0 Å². The van der Waals surface area contributed by atoms with Crippen molar-refractivity contribution in [3.63, 3.8) is 0 Å². The van der Waals surface area contributed by atoms with Crippen LogP contribution in [0.15, 0.2) is 18.3 Å². The van der Waals surface area contributed by atoms with E-state index in [1.165, 1.54) is 37.7 Å². The van der Waals surface area contributed by atoms with Crippen molar-refractivity contribution in [2.75, 3.05) is 33.3 Å². The van der Waals surface area contributed by atoms with Crippen molar-refractivity contribution in [2.24, 2.45) is 5.92 Å². The van der Waals surface area contributed by atoms with Gasteiger partial charge in [0.25, 0.3) is 0 Å². The Morgan fingerprint density at radius 3 is 2.57 bits per heavy atom. The lowest BCUT2D eigenvalue weighted by Gasteiger charge is -2.41. The number of methoxy groups -OCH3 is 1. The first kappa shape index (κ1) is 14.8. The van der Waals surface area contributed by atoms with Crippen LogP contribution < -0.4 is 10.1 Å². The largest absolute Gasteiger partial charge is 0.481 e. The van der Waals surface area contributed by atoms with Crippen molar-refractivity contribution >= 4 is 0 Å². The summed E-state index contributed by atoms with van der Waals surface area (Å²) in [5.74, 6) is 1.49. The zero-order valence-electron chi connectivity index (χ0n) is 13.1. The van der Waals surface area contributed by atoms with E-state index in [4.69, 9.17) is 4.74 Å². The first-order chi connectivity index (χ1) is 10.4. The van der Waals surface area contributed by atoms with E-state index in [1.807, 2.05) is 12.3 Å². The van der Waals surface area contributed by atoms with Crippen LogP contribution in [0.2, 0.25) is 0 Å². The Labute approximate surface area is 127 Å². The molecule has 0 amide bonds. The third-order valence-corrected chi connectivity index (χ3v) is 4.95. The van der Waals surface area contributed by atoms with Gasteiger partial charge in [-0.05, 0) is 24.3 Å². The topological polar surface area (TPSA) is 37.4 Å². The molecule has 1 aromatic heterocycles. The maximum absolute atomic E-state index is 5.21. The van der Waals surface area contributed by atoms with E-state index in [0.717, 1.165) is 32.1 Å². The minimum absolute atomic E-state index is 0.533. The molecule has 4 nitrogen and oxygen atoms in total. The molecule has 2 heterocycles. The third kappa shape index (κ3) is 3.55. The van der Waals surface area contributed by atoms with Crippen LogP contribution in [0.5, 0.6) is 5.88 Å². The molecule has 3 rings (SSSR count). The number of aromatic nitrogens is 1. The van der Waals surface area contributed by atoms with E-state index in [9.17, 15) is 0 Å². The summed E-state index contributed by atoms with van der Waals surface area (Å²) in [6.07, 6.45) is 8.93. The van der Waals surface area contributed by atoms with E-state index in [0.29, 0.717) is 11.9 Å². The highest BCUT2D eigenvalue weighted by Gasteiger charge is 2.31. The molecule has 2 aliphatic rings. The number of hydrogen-bond acceptors (Lipinski definition) is 4. The molecule has 1 N–H and O–H groups in total. The standard InChI is InChI=1S/C17H27N3O/c1-21-16-8-7-15(13-19-16)17(14-5-3-2-4-6-14)20-11-9-18-10-12-20/h7-8,13-14,17-18H,2-6,9-12H2,1H3/t17-/m0/s1. The van der Waals surface area contributed by atoms with Gasteiger partial charge in [0, 0.05) is 44.5 Å². The third-order valence-electron chi connectivity index (χ3n) is 4.95. The highest BCUT2D eigenvalue weighted by Crippen LogP contribution is 2.38. The fourth-order valence-electron chi connectivity index (χ4n) is 3.88. The quantitative estimate of drug-likeness (QED) is 0.924. The molecule has 1 saturated heterocycles. The lowest BCUT2D eigenvalue weighted by atomic mass is 9.80. The molecule has 1 aliphatic heterocycles. The van der Waals surface area contributed by atoms with E-state index in [-0.39, 0.29) is 0 Å². The van der Waals surface area contributed by atoms with Gasteiger partial charge in [-0.1, -0.05) is 25.3 Å². The zero-order chi connectivity index (χ0) is 14.5. The fraction of sp³-hybridized carbons (Fsp3) is 0.706. The number of piperazine rings is 1. The number of rotatable bonds is 4. The molecule has 1 saturated carbocycles. The van der Waals surface area contributed by atoms with Gasteiger partial charge in [-0.15, -0.1) is 0 Å². The van der Waals surface area contributed by atoms with Gasteiger partial charge in [0.15, 0.2) is 0 Å². The Bertz CT molecular complexity index is 404. The summed E-state index contributed by atoms with van der Waals surface area (Å²) >= 11 is 0. The molecular formula is C17H27N3O. The van der Waals surface area contributed by atoms with Gasteiger partial charge >= 0.3 is 0 Å². The molecule has 0 aromatic carbocycles. The zero-order valence-corrected chi connectivity index (χ0v) is 13.1. The van der Waals surface area contributed by atoms with Crippen LogP contribution in [-0.4, -0.2) is 43.2 Å². The molecule has 1 aromatic rings. The predicted molar refractivity (Wildman–Crippen MR) is 84.5 cm³/mol. The number of pyridine rings is 1. The molecule has 2 fully saturated rings. The van der Waals surface area contributed by atoms with Crippen molar-refractivity contribution in [1.29, 1.82) is 0 Å². The summed E-state index contributed by atoms with van der Waals surface area (Å²) in [6.45, 7) is 4.50. The Hall–Kier alpha value is -1.13. The summed E-state index contributed by atoms with van der Waals surface area (Å²) in [6, 6.07) is 4.76. The molecule has 21 heavy (non-hydrogen) atoms. The minimum atomic E-state index is 0.533. The molecular weight excluding hydrogens is 262 g/mol. The lowest BCUT2D eigenvalue weighted by molar-refractivity contribution is 0.103. The summed E-state index contributed by atoms with van der Waals surface area (Å²) in [4.78, 5) is 7.11. The van der Waals surface area contributed by atoms with Crippen molar-refractivity contribution in [1.82, 2.24) is 15.2 Å². The SMILES string of the molecule is COc1ccc([C@H](C2CCCCC2)N2CCNCC2)cn1. The number of nitrogens with zero attached hydrogens (tertiary/aromatic N) is 2. The Balaban J connectivity index is 1.82. The first-order valence-electron chi connectivity index (χ1n) is 8.33. The van der Waals surface area contributed by atoms with Crippen molar-refractivity contribution in [2.45, 2.75) is 38.1 Å². The molecule has 116 valence electrons. The van der Waals surface area contributed by atoms with Crippen LogP contribution >= 0.6 is 0 Å². The van der Waals surface area contributed by atoms with Gasteiger partial charge < -0.3 is 10.1 Å². The highest BCUT2D eigenvalue weighted by atomic mass is 16.5. The first-order valence-corrected chi connectivity index (χ1v) is 8.33. The van der Waals surface area contributed by atoms with E-state index >= 15 is 0 Å². The van der Waals surface area contributed by atoms with Gasteiger partial charge in [0.2, 0.25) is 5.88 Å². The molecule has 1 aliphatic carbocycles. The maximum Gasteiger partial charge on any atom is 0.212 e. The summed E-state index contributed by atoms with van der Waals surface area (Å²) in [5, 5.41) is 3.46. The highest BCUT2D eigenvalue weighted by molar-refractivity contribution is 5.22. The van der Waals surface area contributed by atoms with E-state index in [1.54, 1.807) is 7.11 Å². The second-order valence-electron chi connectivity index (χ2n) is 6.26. The second-order valence-corrected chi connectivity index (χ2v) is 6.26. The van der Waals surface area contributed by atoms with E-state index in [2.05, 4.69) is 21.3 Å². The van der Waals surface area contributed by atoms with Crippen LogP contribution in [0.25, 0.3) is 0 Å². The molecule has 0 radical (unpaired) electrons. The monoisotopic (exact) mass is 289 g/mol. The van der Waals surface area contributed by atoms with Crippen molar-refractivity contribution < 1.29 is 4.74 Å². The number of nitrogens with one attached hydrogen (secondary N) is 1. The van der Waals surface area contributed by atoms with Gasteiger partial charge in [-0.3, -0.25) is 4.90 Å². The summed E-state index contributed by atoms with van der Waals surface area (Å²) in [5.41, 5.74) is 1.37. The van der Waals surface area contributed by atoms with Crippen LogP contribution in [0.1, 0.15) is 43.7 Å². The molecule has 0 unspecified atom stereocenters. The summed E-state index contributed by atoms with van der Waals surface area (Å²) in [7, 11) is 1.68. The number of ether oxygens (including phenoxy) is 1. The van der Waals surface area contributed by atoms with Crippen molar-refractivity contribution in [3.05, 3.63) is 23.9 Å². The smallest absolute Gasteiger partial charge is 0.212 e. The Kier molecular flexibility index (Phi) is 5.09. The fourth-order valence-corrected chi connectivity index (χ4v) is 3.88. The predicted octanol–water partition coefficient (Wildman–Crippen LogP) is 2.62. The molecule has 4 heteroatoms. The average Bonchev–Trinajstić information content (AvgIpc) is 2.58. The lowest BCUT2D eigenvalue weighted by Crippen LogP contribution is -2.47. The number of hydrogen-bond donors (Lipinski definition) is 1. The molecule has 0 spiro atoms. The maximum atomic E-state index is 5.21. The van der Waals surface area contributed by atoms with Gasteiger partial charge in [0.05, 0.1) is 7.11 Å². The second kappa shape index (κ2) is 7.23. The average molecular weight is 289 g/mol.